The first-order valence-corrected chi connectivity index (χ1v) is 4.86. The molecular weight excluding hydrogens is 186 g/mol. The lowest BCUT2D eigenvalue weighted by molar-refractivity contribution is 0.780. The third-order valence-electron chi connectivity index (χ3n) is 2.27. The fourth-order valence-electron chi connectivity index (χ4n) is 1.48. The Morgan fingerprint density at radius 2 is 1.87 bits per heavy atom. The second-order valence-electron chi connectivity index (χ2n) is 3.50. The summed E-state index contributed by atoms with van der Waals surface area (Å²) in [5.74, 6) is 0.656. The van der Waals surface area contributed by atoms with Gasteiger partial charge in [-0.3, -0.25) is 0 Å². The normalized spacial score (nSPS) is 12.4. The lowest BCUT2D eigenvalue weighted by Gasteiger charge is -2.10. The van der Waals surface area contributed by atoms with Crippen molar-refractivity contribution in [3.63, 3.8) is 0 Å². The van der Waals surface area contributed by atoms with Gasteiger partial charge in [0.05, 0.1) is 6.04 Å². The molecule has 0 aliphatic carbocycles. The molecule has 15 heavy (non-hydrogen) atoms. The van der Waals surface area contributed by atoms with E-state index in [9.17, 15) is 0 Å². The third-order valence-corrected chi connectivity index (χ3v) is 2.27. The van der Waals surface area contributed by atoms with E-state index in [4.69, 9.17) is 5.73 Å². The summed E-state index contributed by atoms with van der Waals surface area (Å²) in [4.78, 5) is 8.30. The molecule has 76 valence electrons. The second-order valence-corrected chi connectivity index (χ2v) is 3.50. The molecule has 2 N–H and O–H groups in total. The molecule has 3 nitrogen and oxygen atoms in total. The smallest absolute Gasteiger partial charge is 0.149 e. The van der Waals surface area contributed by atoms with E-state index < -0.39 is 0 Å². The summed E-state index contributed by atoms with van der Waals surface area (Å²) in [6.07, 6.45) is 3.41. The van der Waals surface area contributed by atoms with Crippen molar-refractivity contribution < 1.29 is 0 Å². The molecule has 0 aliphatic heterocycles. The molecule has 0 fully saturated rings. The predicted octanol–water partition coefficient (Wildman–Crippen LogP) is 1.83. The average Bonchev–Trinajstić information content (AvgIpc) is 2.29. The van der Waals surface area contributed by atoms with Crippen LogP contribution in [0.5, 0.6) is 0 Å². The van der Waals surface area contributed by atoms with Crippen LogP contribution in [0.1, 0.15) is 23.0 Å². The van der Waals surface area contributed by atoms with Crippen LogP contribution in [-0.4, -0.2) is 9.97 Å². The second kappa shape index (κ2) is 4.19. The van der Waals surface area contributed by atoms with E-state index in [1.165, 1.54) is 5.56 Å². The Bertz CT molecular complexity index is 440. The van der Waals surface area contributed by atoms with E-state index in [0.717, 1.165) is 5.56 Å². The lowest BCUT2D eigenvalue weighted by Crippen LogP contribution is -2.15. The average molecular weight is 199 g/mol. The van der Waals surface area contributed by atoms with Crippen LogP contribution >= 0.6 is 0 Å². The minimum atomic E-state index is -0.244. The Labute approximate surface area is 89.0 Å². The largest absolute Gasteiger partial charge is 0.318 e. The monoisotopic (exact) mass is 199 g/mol. The molecule has 0 saturated carbocycles. The number of rotatable bonds is 2. The van der Waals surface area contributed by atoms with Gasteiger partial charge >= 0.3 is 0 Å². The Morgan fingerprint density at radius 1 is 1.13 bits per heavy atom. The minimum absolute atomic E-state index is 0.244. The zero-order valence-corrected chi connectivity index (χ0v) is 8.59. The zero-order valence-electron chi connectivity index (χ0n) is 8.59. The molecule has 1 aromatic heterocycles. The minimum Gasteiger partial charge on any atom is -0.318 e. The fourth-order valence-corrected chi connectivity index (χ4v) is 1.48. The van der Waals surface area contributed by atoms with Crippen molar-refractivity contribution in [2.24, 2.45) is 5.73 Å². The van der Waals surface area contributed by atoms with Gasteiger partial charge in [0.25, 0.3) is 0 Å². The van der Waals surface area contributed by atoms with Crippen LogP contribution < -0.4 is 5.73 Å². The summed E-state index contributed by atoms with van der Waals surface area (Å²) < 4.78 is 0. The number of aromatic nitrogens is 2. The predicted molar refractivity (Wildman–Crippen MR) is 59.2 cm³/mol. The van der Waals surface area contributed by atoms with Crippen molar-refractivity contribution >= 4 is 0 Å². The van der Waals surface area contributed by atoms with Crippen LogP contribution in [0.15, 0.2) is 42.7 Å². The van der Waals surface area contributed by atoms with Crippen molar-refractivity contribution in [1.29, 1.82) is 0 Å². The molecule has 0 bridgehead atoms. The number of benzene rings is 1. The first kappa shape index (κ1) is 9.80. The quantitative estimate of drug-likeness (QED) is 0.802. The van der Waals surface area contributed by atoms with Crippen LogP contribution in [0.2, 0.25) is 0 Å². The van der Waals surface area contributed by atoms with E-state index in [2.05, 4.69) is 16.0 Å². The van der Waals surface area contributed by atoms with Gasteiger partial charge in [0.15, 0.2) is 0 Å². The Balaban J connectivity index is 2.32. The maximum Gasteiger partial charge on any atom is 0.149 e. The maximum absolute atomic E-state index is 6.06. The zero-order chi connectivity index (χ0) is 10.7. The highest BCUT2D eigenvalue weighted by Gasteiger charge is 2.10. The van der Waals surface area contributed by atoms with Crippen molar-refractivity contribution in [2.75, 3.05) is 0 Å². The van der Waals surface area contributed by atoms with Crippen molar-refractivity contribution in [3.05, 3.63) is 59.7 Å². The molecule has 1 unspecified atom stereocenters. The number of nitrogens with zero attached hydrogens (tertiary/aromatic N) is 2. The molecule has 2 rings (SSSR count). The van der Waals surface area contributed by atoms with Gasteiger partial charge in [0.1, 0.15) is 5.82 Å². The van der Waals surface area contributed by atoms with Gasteiger partial charge < -0.3 is 5.73 Å². The highest BCUT2D eigenvalue weighted by molar-refractivity contribution is 5.28. The number of aryl methyl sites for hydroxylation is 1. The lowest BCUT2D eigenvalue weighted by atomic mass is 10.0. The Morgan fingerprint density at radius 3 is 2.53 bits per heavy atom. The molecular formula is C12H13N3. The molecule has 1 atom stereocenters. The molecule has 0 spiro atoms. The van der Waals surface area contributed by atoms with E-state index in [1.807, 2.05) is 25.1 Å². The van der Waals surface area contributed by atoms with Crippen LogP contribution in [0, 0.1) is 6.92 Å². The number of hydrogen-bond acceptors (Lipinski definition) is 3. The summed E-state index contributed by atoms with van der Waals surface area (Å²) in [5, 5.41) is 0. The first-order valence-electron chi connectivity index (χ1n) is 4.86. The van der Waals surface area contributed by atoms with Crippen LogP contribution in [0.3, 0.4) is 0 Å². The van der Waals surface area contributed by atoms with E-state index in [-0.39, 0.29) is 6.04 Å². The summed E-state index contributed by atoms with van der Waals surface area (Å²) in [5.41, 5.74) is 8.30. The van der Waals surface area contributed by atoms with Gasteiger partial charge in [-0.15, -0.1) is 0 Å². The van der Waals surface area contributed by atoms with E-state index >= 15 is 0 Å². The highest BCUT2D eigenvalue weighted by Crippen LogP contribution is 2.16. The summed E-state index contributed by atoms with van der Waals surface area (Å²) >= 11 is 0. The summed E-state index contributed by atoms with van der Waals surface area (Å²) in [7, 11) is 0. The van der Waals surface area contributed by atoms with Crippen molar-refractivity contribution in [3.8, 4) is 0 Å². The Kier molecular flexibility index (Phi) is 2.74. The first-order chi connectivity index (χ1) is 7.27. The molecule has 0 radical (unpaired) electrons. The summed E-state index contributed by atoms with van der Waals surface area (Å²) in [6, 6.07) is 9.63. The van der Waals surface area contributed by atoms with E-state index in [1.54, 1.807) is 18.5 Å². The van der Waals surface area contributed by atoms with Crippen LogP contribution in [-0.2, 0) is 0 Å². The van der Waals surface area contributed by atoms with Crippen LogP contribution in [0.4, 0.5) is 0 Å². The number of hydrogen-bond donors (Lipinski definition) is 1. The molecule has 2 aromatic rings. The SMILES string of the molecule is Cc1cccc(C(N)c2ncccn2)c1. The summed E-state index contributed by atoms with van der Waals surface area (Å²) in [6.45, 7) is 2.04. The maximum atomic E-state index is 6.06. The van der Waals surface area contributed by atoms with Crippen molar-refractivity contribution in [1.82, 2.24) is 9.97 Å². The third kappa shape index (κ3) is 2.19. The van der Waals surface area contributed by atoms with Gasteiger partial charge in [-0.1, -0.05) is 29.8 Å². The van der Waals surface area contributed by atoms with Gasteiger partial charge in [0.2, 0.25) is 0 Å². The molecule has 1 heterocycles. The van der Waals surface area contributed by atoms with Gasteiger partial charge in [-0.25, -0.2) is 9.97 Å². The fraction of sp³-hybridized carbons (Fsp3) is 0.167. The standard InChI is InChI=1S/C12H13N3/c1-9-4-2-5-10(8-9)11(13)12-14-6-3-7-15-12/h2-8,11H,13H2,1H3. The van der Waals surface area contributed by atoms with Crippen molar-refractivity contribution in [2.45, 2.75) is 13.0 Å². The van der Waals surface area contributed by atoms with Gasteiger partial charge in [0, 0.05) is 12.4 Å². The molecule has 0 amide bonds. The van der Waals surface area contributed by atoms with Gasteiger partial charge in [-0.05, 0) is 18.6 Å². The van der Waals surface area contributed by atoms with E-state index in [0.29, 0.717) is 5.82 Å². The topological polar surface area (TPSA) is 51.8 Å². The Hall–Kier alpha value is -1.74. The van der Waals surface area contributed by atoms with Gasteiger partial charge in [-0.2, -0.15) is 0 Å². The molecule has 0 aliphatic rings. The van der Waals surface area contributed by atoms with Crippen LogP contribution in [0.25, 0.3) is 0 Å². The highest BCUT2D eigenvalue weighted by atomic mass is 14.9. The molecule has 0 saturated heterocycles. The number of nitrogens with two attached hydrogens (primary N) is 1. The molecule has 3 heteroatoms. The molecule has 1 aromatic carbocycles.